The number of ketones is 1. The number of carbonyl (C=O) groups is 1. The molecule has 33 heavy (non-hydrogen) atoms. The average molecular weight is 482 g/mol. The van der Waals surface area contributed by atoms with E-state index in [9.17, 15) is 23.8 Å². The minimum Gasteiger partial charge on any atom is -0.390 e. The molecule has 5 atom stereocenters. The number of piperidine rings is 1. The van der Waals surface area contributed by atoms with E-state index in [4.69, 9.17) is 17.3 Å². The molecule has 2 fully saturated rings. The van der Waals surface area contributed by atoms with Gasteiger partial charge in [-0.1, -0.05) is 11.6 Å². The van der Waals surface area contributed by atoms with E-state index in [0.29, 0.717) is 31.6 Å². The Hall–Kier alpha value is -2.56. The summed E-state index contributed by atoms with van der Waals surface area (Å²) in [6.07, 6.45) is 0.401. The predicted octanol–water partition coefficient (Wildman–Crippen LogP) is 2.39. The molecule has 2 heterocycles. The van der Waals surface area contributed by atoms with E-state index in [1.165, 1.54) is 18.5 Å². The molecule has 2 aliphatic rings. The standard InChI is InChI=1S/C22H26ClF2N5O3/c23-12-4-13(24)6-14(5-12)29-16-8-18(32)17(31)7-15(20(16)33)11-2-1-3-30(9-11)22-19(25)21(26)27-10-28-22/h4-6,10-11,15-18,29,31-32H,1-3,7-9H2,(H2,26,27,28)/t11?,15-,16-,17?,18?/m1/s1. The van der Waals surface area contributed by atoms with Gasteiger partial charge in [-0.2, -0.15) is 4.39 Å². The number of nitrogens with one attached hydrogen (secondary N) is 1. The van der Waals surface area contributed by atoms with Crippen molar-refractivity contribution < 1.29 is 23.8 Å². The summed E-state index contributed by atoms with van der Waals surface area (Å²) in [6, 6.07) is 3.01. The summed E-state index contributed by atoms with van der Waals surface area (Å²) in [5.41, 5.74) is 5.89. The number of nitrogens with two attached hydrogens (primary N) is 1. The van der Waals surface area contributed by atoms with Crippen molar-refractivity contribution in [2.75, 3.05) is 29.0 Å². The van der Waals surface area contributed by atoms with Gasteiger partial charge in [-0.15, -0.1) is 0 Å². The van der Waals surface area contributed by atoms with Crippen LogP contribution in [-0.4, -0.2) is 57.3 Å². The third-order valence-corrected chi connectivity index (χ3v) is 6.67. The summed E-state index contributed by atoms with van der Waals surface area (Å²) in [7, 11) is 0. The molecule has 11 heteroatoms. The second-order valence-electron chi connectivity index (χ2n) is 8.71. The summed E-state index contributed by atoms with van der Waals surface area (Å²) in [4.78, 5) is 22.9. The highest BCUT2D eigenvalue weighted by Crippen LogP contribution is 2.35. The molecule has 0 bridgehead atoms. The van der Waals surface area contributed by atoms with E-state index in [-0.39, 0.29) is 41.2 Å². The lowest BCUT2D eigenvalue weighted by molar-refractivity contribution is -0.125. The number of halogens is 3. The van der Waals surface area contributed by atoms with Gasteiger partial charge < -0.3 is 26.2 Å². The number of aliphatic hydroxyl groups is 2. The number of aliphatic hydroxyl groups excluding tert-OH is 2. The monoisotopic (exact) mass is 481 g/mol. The first kappa shape index (κ1) is 23.6. The van der Waals surface area contributed by atoms with Crippen molar-refractivity contribution in [3.63, 3.8) is 0 Å². The number of hydrogen-bond acceptors (Lipinski definition) is 8. The number of hydrogen-bond donors (Lipinski definition) is 4. The number of carbonyl (C=O) groups excluding carboxylic acids is 1. The van der Waals surface area contributed by atoms with Crippen molar-refractivity contribution in [3.05, 3.63) is 41.2 Å². The molecular formula is C22H26ClF2N5O3. The number of Topliss-reactive ketones (excluding diaryl/α,β-unsaturated/α-hetero) is 1. The van der Waals surface area contributed by atoms with Gasteiger partial charge in [0.05, 0.1) is 18.2 Å². The van der Waals surface area contributed by atoms with Gasteiger partial charge in [0.1, 0.15) is 12.1 Å². The molecule has 0 amide bonds. The van der Waals surface area contributed by atoms with Crippen molar-refractivity contribution in [3.8, 4) is 0 Å². The Morgan fingerprint density at radius 3 is 2.67 bits per heavy atom. The van der Waals surface area contributed by atoms with Gasteiger partial charge in [0.15, 0.2) is 17.4 Å². The maximum absolute atomic E-state index is 14.5. The number of rotatable bonds is 4. The van der Waals surface area contributed by atoms with E-state index in [1.807, 2.05) is 0 Å². The molecule has 0 spiro atoms. The van der Waals surface area contributed by atoms with Crippen molar-refractivity contribution in [2.45, 2.75) is 43.9 Å². The molecule has 1 aliphatic carbocycles. The fraction of sp³-hybridized carbons (Fsp3) is 0.500. The van der Waals surface area contributed by atoms with Crippen LogP contribution in [0.3, 0.4) is 0 Å². The first-order chi connectivity index (χ1) is 15.7. The number of benzene rings is 1. The molecular weight excluding hydrogens is 456 g/mol. The quantitative estimate of drug-likeness (QED) is 0.491. The highest BCUT2D eigenvalue weighted by molar-refractivity contribution is 6.30. The zero-order chi connectivity index (χ0) is 23.7. The molecule has 4 rings (SSSR count). The summed E-state index contributed by atoms with van der Waals surface area (Å²) in [5.74, 6) is -2.42. The van der Waals surface area contributed by atoms with Crippen LogP contribution in [0.4, 0.5) is 26.1 Å². The van der Waals surface area contributed by atoms with E-state index in [1.54, 1.807) is 4.90 Å². The number of nitrogens with zero attached hydrogens (tertiary/aromatic N) is 3. The largest absolute Gasteiger partial charge is 0.390 e. The zero-order valence-electron chi connectivity index (χ0n) is 17.8. The number of nitrogen functional groups attached to an aromatic ring is 1. The first-order valence-electron chi connectivity index (χ1n) is 10.9. The lowest BCUT2D eigenvalue weighted by atomic mass is 9.79. The highest BCUT2D eigenvalue weighted by atomic mass is 35.5. The third-order valence-electron chi connectivity index (χ3n) is 6.45. The number of anilines is 3. The van der Waals surface area contributed by atoms with E-state index in [0.717, 1.165) is 6.07 Å². The topological polar surface area (TPSA) is 125 Å². The van der Waals surface area contributed by atoms with Gasteiger partial charge in [-0.25, -0.2) is 14.4 Å². The van der Waals surface area contributed by atoms with Gasteiger partial charge in [-0.3, -0.25) is 4.79 Å². The SMILES string of the molecule is Nc1ncnc(N2CCCC([C@H]3CC(O)C(O)C[C@@H](Nc4cc(F)cc(Cl)c4)C3=O)C2)c1F. The Balaban J connectivity index is 1.57. The van der Waals surface area contributed by atoms with E-state index >= 15 is 0 Å². The molecule has 178 valence electrons. The Kier molecular flexibility index (Phi) is 6.96. The normalized spacial score (nSPS) is 28.5. The van der Waals surface area contributed by atoms with Crippen LogP contribution in [0, 0.1) is 23.5 Å². The fourth-order valence-electron chi connectivity index (χ4n) is 4.82. The molecule has 1 saturated carbocycles. The van der Waals surface area contributed by atoms with Crippen LogP contribution in [0.15, 0.2) is 24.5 Å². The molecule has 1 aromatic carbocycles. The molecule has 8 nitrogen and oxygen atoms in total. The molecule has 0 radical (unpaired) electrons. The second kappa shape index (κ2) is 9.74. The Labute approximate surface area is 194 Å². The lowest BCUT2D eigenvalue weighted by Gasteiger charge is -2.38. The molecule has 2 aromatic rings. The minimum atomic E-state index is -1.13. The summed E-state index contributed by atoms with van der Waals surface area (Å²) in [6.45, 7) is 0.880. The van der Waals surface area contributed by atoms with Crippen LogP contribution < -0.4 is 16.0 Å². The molecule has 3 unspecified atom stereocenters. The van der Waals surface area contributed by atoms with Crippen LogP contribution in [0.25, 0.3) is 0 Å². The minimum absolute atomic E-state index is 0.0296. The van der Waals surface area contributed by atoms with E-state index in [2.05, 4.69) is 15.3 Å². The van der Waals surface area contributed by atoms with Gasteiger partial charge in [0.25, 0.3) is 0 Å². The summed E-state index contributed by atoms with van der Waals surface area (Å²) in [5, 5.41) is 24.1. The Bertz CT molecular complexity index is 1010. The van der Waals surface area contributed by atoms with Gasteiger partial charge in [-0.05, 0) is 43.4 Å². The zero-order valence-corrected chi connectivity index (χ0v) is 18.6. The van der Waals surface area contributed by atoms with Crippen LogP contribution in [0.1, 0.15) is 25.7 Å². The van der Waals surface area contributed by atoms with Crippen molar-refractivity contribution >= 4 is 34.7 Å². The maximum Gasteiger partial charge on any atom is 0.207 e. The Morgan fingerprint density at radius 1 is 1.15 bits per heavy atom. The first-order valence-corrected chi connectivity index (χ1v) is 11.2. The van der Waals surface area contributed by atoms with Gasteiger partial charge in [0, 0.05) is 36.1 Å². The second-order valence-corrected chi connectivity index (χ2v) is 9.15. The molecule has 1 aromatic heterocycles. The highest BCUT2D eigenvalue weighted by Gasteiger charge is 2.42. The average Bonchev–Trinajstić information content (AvgIpc) is 2.87. The molecule has 5 N–H and O–H groups in total. The number of aromatic nitrogens is 2. The fourth-order valence-corrected chi connectivity index (χ4v) is 5.05. The third kappa shape index (κ3) is 5.18. The molecule has 1 saturated heterocycles. The van der Waals surface area contributed by atoms with Crippen molar-refractivity contribution in [1.29, 1.82) is 0 Å². The van der Waals surface area contributed by atoms with Crippen LogP contribution in [0.2, 0.25) is 5.02 Å². The van der Waals surface area contributed by atoms with Crippen LogP contribution >= 0.6 is 11.6 Å². The van der Waals surface area contributed by atoms with E-state index < -0.39 is 35.8 Å². The van der Waals surface area contributed by atoms with Gasteiger partial charge in [0.2, 0.25) is 5.82 Å². The predicted molar refractivity (Wildman–Crippen MR) is 120 cm³/mol. The lowest BCUT2D eigenvalue weighted by Crippen LogP contribution is -2.44. The van der Waals surface area contributed by atoms with Crippen molar-refractivity contribution in [2.24, 2.45) is 11.8 Å². The maximum atomic E-state index is 14.5. The molecule has 1 aliphatic heterocycles. The van der Waals surface area contributed by atoms with Crippen LogP contribution in [0.5, 0.6) is 0 Å². The smallest absolute Gasteiger partial charge is 0.207 e. The van der Waals surface area contributed by atoms with Crippen LogP contribution in [-0.2, 0) is 4.79 Å². The van der Waals surface area contributed by atoms with Crippen molar-refractivity contribution in [1.82, 2.24) is 9.97 Å². The summed E-state index contributed by atoms with van der Waals surface area (Å²) >= 11 is 5.93. The Morgan fingerprint density at radius 2 is 1.91 bits per heavy atom. The van der Waals surface area contributed by atoms with Gasteiger partial charge >= 0.3 is 0 Å². The summed E-state index contributed by atoms with van der Waals surface area (Å²) < 4.78 is 28.3.